The molecule has 0 saturated heterocycles. The number of aryl methyl sites for hydroxylation is 1. The first-order chi connectivity index (χ1) is 10.2. The first kappa shape index (κ1) is 13.3. The van der Waals surface area contributed by atoms with E-state index in [9.17, 15) is 9.59 Å². The number of hydrogen-bond acceptors (Lipinski definition) is 4. The second kappa shape index (κ2) is 5.36. The van der Waals surface area contributed by atoms with Crippen LogP contribution in [0.15, 0.2) is 45.8 Å². The molecule has 0 saturated carbocycles. The van der Waals surface area contributed by atoms with Gasteiger partial charge in [-0.15, -0.1) is 0 Å². The number of nitrogens with one attached hydrogen (secondary N) is 1. The highest BCUT2D eigenvalue weighted by atomic mass is 16.3. The SMILES string of the molecule is CCc1ccc2nc(CC(=O)c3ccco3)[nH]c(=O)c2c1. The van der Waals surface area contributed by atoms with Crippen LogP contribution in [-0.4, -0.2) is 15.8 Å². The Kier molecular flexibility index (Phi) is 3.39. The summed E-state index contributed by atoms with van der Waals surface area (Å²) in [4.78, 5) is 31.1. The van der Waals surface area contributed by atoms with Crippen LogP contribution >= 0.6 is 0 Å². The molecule has 0 bridgehead atoms. The van der Waals surface area contributed by atoms with Crippen LogP contribution < -0.4 is 5.56 Å². The zero-order valence-corrected chi connectivity index (χ0v) is 11.6. The van der Waals surface area contributed by atoms with E-state index < -0.39 is 0 Å². The Labute approximate surface area is 120 Å². The van der Waals surface area contributed by atoms with Crippen LogP contribution in [0.2, 0.25) is 0 Å². The molecule has 0 aliphatic heterocycles. The fourth-order valence-corrected chi connectivity index (χ4v) is 2.21. The Morgan fingerprint density at radius 2 is 2.19 bits per heavy atom. The van der Waals surface area contributed by atoms with E-state index in [0.717, 1.165) is 12.0 Å². The van der Waals surface area contributed by atoms with Crippen molar-refractivity contribution in [1.29, 1.82) is 0 Å². The average molecular weight is 282 g/mol. The third-order valence-corrected chi connectivity index (χ3v) is 3.35. The van der Waals surface area contributed by atoms with E-state index in [4.69, 9.17) is 4.42 Å². The van der Waals surface area contributed by atoms with E-state index in [0.29, 0.717) is 16.7 Å². The Hall–Kier alpha value is -2.69. The third kappa shape index (κ3) is 2.63. The summed E-state index contributed by atoms with van der Waals surface area (Å²) in [5.41, 5.74) is 1.45. The zero-order valence-electron chi connectivity index (χ0n) is 11.6. The van der Waals surface area contributed by atoms with Crippen LogP contribution in [0, 0.1) is 0 Å². The number of aromatic amines is 1. The highest BCUT2D eigenvalue weighted by Gasteiger charge is 2.12. The van der Waals surface area contributed by atoms with E-state index in [1.807, 2.05) is 25.1 Å². The van der Waals surface area contributed by atoms with Gasteiger partial charge in [-0.3, -0.25) is 9.59 Å². The van der Waals surface area contributed by atoms with Crippen LogP contribution in [0.25, 0.3) is 10.9 Å². The molecule has 5 nitrogen and oxygen atoms in total. The number of hydrogen-bond donors (Lipinski definition) is 1. The molecule has 0 spiro atoms. The minimum Gasteiger partial charge on any atom is -0.461 e. The van der Waals surface area contributed by atoms with Crippen LogP contribution in [0.3, 0.4) is 0 Å². The monoisotopic (exact) mass is 282 g/mol. The summed E-state index contributed by atoms with van der Waals surface area (Å²) in [6.07, 6.45) is 2.30. The molecule has 3 aromatic rings. The summed E-state index contributed by atoms with van der Waals surface area (Å²) >= 11 is 0. The molecule has 1 N–H and O–H groups in total. The number of H-pyrrole nitrogens is 1. The Balaban J connectivity index is 1.97. The molecule has 106 valence electrons. The molecule has 21 heavy (non-hydrogen) atoms. The maximum atomic E-state index is 12.1. The van der Waals surface area contributed by atoms with E-state index in [-0.39, 0.29) is 23.5 Å². The van der Waals surface area contributed by atoms with Gasteiger partial charge in [0.05, 0.1) is 23.6 Å². The van der Waals surface area contributed by atoms with Gasteiger partial charge in [0, 0.05) is 0 Å². The molecule has 2 aromatic heterocycles. The van der Waals surface area contributed by atoms with Crippen molar-refractivity contribution in [2.75, 3.05) is 0 Å². The van der Waals surface area contributed by atoms with Crippen LogP contribution in [-0.2, 0) is 12.8 Å². The molecule has 0 aliphatic rings. The van der Waals surface area contributed by atoms with Crippen LogP contribution in [0.1, 0.15) is 28.9 Å². The lowest BCUT2D eigenvalue weighted by Crippen LogP contribution is -2.15. The Morgan fingerprint density at radius 1 is 1.33 bits per heavy atom. The number of fused-ring (bicyclic) bond motifs is 1. The highest BCUT2D eigenvalue weighted by molar-refractivity contribution is 5.94. The largest absolute Gasteiger partial charge is 0.461 e. The topological polar surface area (TPSA) is 76.0 Å². The average Bonchev–Trinajstić information content (AvgIpc) is 3.01. The molecule has 0 amide bonds. The lowest BCUT2D eigenvalue weighted by Gasteiger charge is -2.03. The highest BCUT2D eigenvalue weighted by Crippen LogP contribution is 2.12. The van der Waals surface area contributed by atoms with Gasteiger partial charge >= 0.3 is 0 Å². The molecule has 0 aliphatic carbocycles. The summed E-state index contributed by atoms with van der Waals surface area (Å²) < 4.78 is 5.05. The first-order valence-corrected chi connectivity index (χ1v) is 6.76. The predicted octanol–water partition coefficient (Wildman–Crippen LogP) is 2.50. The lowest BCUT2D eigenvalue weighted by molar-refractivity contribution is 0.0964. The standard InChI is InChI=1S/C16H14N2O3/c1-2-10-5-6-12-11(8-10)16(20)18-15(17-12)9-13(19)14-4-3-7-21-14/h3-8H,2,9H2,1H3,(H,17,18,20). The normalized spacial score (nSPS) is 10.9. The van der Waals surface area contributed by atoms with Crippen molar-refractivity contribution in [3.8, 4) is 0 Å². The van der Waals surface area contributed by atoms with Gasteiger partial charge in [0.1, 0.15) is 5.82 Å². The van der Waals surface area contributed by atoms with Crippen molar-refractivity contribution in [3.63, 3.8) is 0 Å². The molecular weight excluding hydrogens is 268 g/mol. The lowest BCUT2D eigenvalue weighted by atomic mass is 10.1. The smallest absolute Gasteiger partial charge is 0.258 e. The van der Waals surface area contributed by atoms with Gasteiger partial charge in [0.2, 0.25) is 5.78 Å². The van der Waals surface area contributed by atoms with Crippen molar-refractivity contribution in [2.45, 2.75) is 19.8 Å². The van der Waals surface area contributed by atoms with Gasteiger partial charge in [-0.2, -0.15) is 0 Å². The summed E-state index contributed by atoms with van der Waals surface area (Å²) in [7, 11) is 0. The Morgan fingerprint density at radius 3 is 2.90 bits per heavy atom. The van der Waals surface area contributed by atoms with Gasteiger partial charge in [-0.25, -0.2) is 4.98 Å². The summed E-state index contributed by atoms with van der Waals surface area (Å²) in [5, 5.41) is 0.545. The first-order valence-electron chi connectivity index (χ1n) is 6.76. The minimum atomic E-state index is -0.224. The molecule has 3 rings (SSSR count). The molecule has 0 atom stereocenters. The number of aromatic nitrogens is 2. The van der Waals surface area contributed by atoms with Crippen LogP contribution in [0.5, 0.6) is 0 Å². The minimum absolute atomic E-state index is 0.00816. The van der Waals surface area contributed by atoms with Gasteiger partial charge in [0.15, 0.2) is 5.76 Å². The quantitative estimate of drug-likeness (QED) is 0.746. The summed E-state index contributed by atoms with van der Waals surface area (Å²) in [6.45, 7) is 2.03. The van der Waals surface area contributed by atoms with Crippen molar-refractivity contribution < 1.29 is 9.21 Å². The summed E-state index contributed by atoms with van der Waals surface area (Å²) in [5.74, 6) is 0.393. The van der Waals surface area contributed by atoms with E-state index in [1.165, 1.54) is 6.26 Å². The third-order valence-electron chi connectivity index (χ3n) is 3.35. The van der Waals surface area contributed by atoms with Gasteiger partial charge in [-0.05, 0) is 36.2 Å². The number of benzene rings is 1. The van der Waals surface area contributed by atoms with E-state index >= 15 is 0 Å². The van der Waals surface area contributed by atoms with Crippen molar-refractivity contribution in [2.24, 2.45) is 0 Å². The zero-order chi connectivity index (χ0) is 14.8. The van der Waals surface area contributed by atoms with Gasteiger partial charge < -0.3 is 9.40 Å². The van der Waals surface area contributed by atoms with Gasteiger partial charge in [-0.1, -0.05) is 13.0 Å². The second-order valence-electron chi connectivity index (χ2n) is 4.79. The molecular formula is C16H14N2O3. The number of carbonyl (C=O) groups is 1. The number of nitrogens with zero attached hydrogens (tertiary/aromatic N) is 1. The van der Waals surface area contributed by atoms with E-state index in [2.05, 4.69) is 9.97 Å². The molecule has 0 radical (unpaired) electrons. The number of rotatable bonds is 4. The predicted molar refractivity (Wildman–Crippen MR) is 78.5 cm³/mol. The second-order valence-corrected chi connectivity index (χ2v) is 4.79. The number of ketones is 1. The molecule has 0 fully saturated rings. The van der Waals surface area contributed by atoms with E-state index in [1.54, 1.807) is 12.1 Å². The fourth-order valence-electron chi connectivity index (χ4n) is 2.21. The van der Waals surface area contributed by atoms with Crippen molar-refractivity contribution in [1.82, 2.24) is 9.97 Å². The Bertz CT molecular complexity index is 848. The fraction of sp³-hybridized carbons (Fsp3) is 0.188. The van der Waals surface area contributed by atoms with Crippen LogP contribution in [0.4, 0.5) is 0 Å². The number of furan rings is 1. The number of Topliss-reactive ketones (excluding diaryl/α,β-unsaturated/α-hetero) is 1. The molecule has 2 heterocycles. The molecule has 0 unspecified atom stereocenters. The van der Waals surface area contributed by atoms with Crippen molar-refractivity contribution in [3.05, 3.63) is 64.1 Å². The molecule has 1 aromatic carbocycles. The summed E-state index contributed by atoms with van der Waals surface area (Å²) in [6, 6.07) is 8.82. The van der Waals surface area contributed by atoms with Gasteiger partial charge in [0.25, 0.3) is 5.56 Å². The number of carbonyl (C=O) groups excluding carboxylic acids is 1. The van der Waals surface area contributed by atoms with Crippen molar-refractivity contribution >= 4 is 16.7 Å². The molecule has 5 heteroatoms. The maximum absolute atomic E-state index is 12.1. The maximum Gasteiger partial charge on any atom is 0.258 e.